The average molecular weight is 272 g/mol. The van der Waals surface area contributed by atoms with Crippen LogP contribution in [0.4, 0.5) is 0 Å². The van der Waals surface area contributed by atoms with E-state index in [0.717, 1.165) is 5.75 Å². The van der Waals surface area contributed by atoms with E-state index in [9.17, 15) is 4.79 Å². The summed E-state index contributed by atoms with van der Waals surface area (Å²) < 4.78 is 11.2. The predicted molar refractivity (Wildman–Crippen MR) is 75.7 cm³/mol. The molecule has 4 nitrogen and oxygen atoms in total. The summed E-state index contributed by atoms with van der Waals surface area (Å²) in [5.74, 6) is 1.09. The van der Waals surface area contributed by atoms with Gasteiger partial charge in [-0.25, -0.2) is 4.79 Å². The molecule has 0 radical (unpaired) electrons. The van der Waals surface area contributed by atoms with Gasteiger partial charge >= 0.3 is 5.97 Å². The predicted octanol–water partition coefficient (Wildman–Crippen LogP) is 3.96. The highest BCUT2D eigenvalue weighted by Gasteiger charge is 2.03. The van der Waals surface area contributed by atoms with Crippen molar-refractivity contribution in [1.29, 1.82) is 0 Å². The van der Waals surface area contributed by atoms with Crippen molar-refractivity contribution in [3.8, 4) is 17.2 Å². The van der Waals surface area contributed by atoms with Gasteiger partial charge in [-0.05, 0) is 62.4 Å². The zero-order valence-electron chi connectivity index (χ0n) is 11.4. The number of aromatic carboxylic acids is 1. The van der Waals surface area contributed by atoms with E-state index in [1.54, 1.807) is 12.1 Å². The molecule has 0 amide bonds. The highest BCUT2D eigenvalue weighted by Crippen LogP contribution is 2.24. The Morgan fingerprint density at radius 2 is 1.35 bits per heavy atom. The van der Waals surface area contributed by atoms with E-state index in [1.807, 2.05) is 38.1 Å². The van der Waals surface area contributed by atoms with Gasteiger partial charge in [0, 0.05) is 0 Å². The van der Waals surface area contributed by atoms with E-state index in [2.05, 4.69) is 0 Å². The van der Waals surface area contributed by atoms with Crippen molar-refractivity contribution in [2.24, 2.45) is 0 Å². The minimum Gasteiger partial charge on any atom is -0.491 e. The minimum absolute atomic E-state index is 0.130. The van der Waals surface area contributed by atoms with E-state index in [4.69, 9.17) is 14.6 Å². The highest BCUT2D eigenvalue weighted by atomic mass is 16.5. The third kappa shape index (κ3) is 3.75. The third-order valence-corrected chi connectivity index (χ3v) is 2.53. The number of hydrogen-bond acceptors (Lipinski definition) is 3. The number of carbonyl (C=O) groups is 1. The van der Waals surface area contributed by atoms with Gasteiger partial charge < -0.3 is 14.6 Å². The fourth-order valence-electron chi connectivity index (χ4n) is 1.66. The van der Waals surface area contributed by atoms with Crippen LogP contribution in [0, 0.1) is 0 Å². The van der Waals surface area contributed by atoms with E-state index >= 15 is 0 Å². The normalized spacial score (nSPS) is 10.3. The zero-order chi connectivity index (χ0) is 14.5. The van der Waals surface area contributed by atoms with Crippen LogP contribution in [0.25, 0.3) is 0 Å². The van der Waals surface area contributed by atoms with Crippen molar-refractivity contribution in [3.63, 3.8) is 0 Å². The van der Waals surface area contributed by atoms with Crippen LogP contribution < -0.4 is 9.47 Å². The van der Waals surface area contributed by atoms with E-state index < -0.39 is 5.97 Å². The Morgan fingerprint density at radius 1 is 0.900 bits per heavy atom. The Bertz CT molecular complexity index is 570. The molecule has 0 saturated carbocycles. The molecule has 2 aromatic carbocycles. The first kappa shape index (κ1) is 13.9. The molecule has 104 valence electrons. The topological polar surface area (TPSA) is 55.8 Å². The Labute approximate surface area is 117 Å². The van der Waals surface area contributed by atoms with Crippen molar-refractivity contribution in [2.75, 3.05) is 0 Å². The van der Waals surface area contributed by atoms with Crippen molar-refractivity contribution in [3.05, 3.63) is 54.1 Å². The van der Waals surface area contributed by atoms with Gasteiger partial charge in [0.1, 0.15) is 17.2 Å². The van der Waals surface area contributed by atoms with E-state index in [-0.39, 0.29) is 11.7 Å². The van der Waals surface area contributed by atoms with Gasteiger partial charge in [-0.2, -0.15) is 0 Å². The molecular weight excluding hydrogens is 256 g/mol. The lowest BCUT2D eigenvalue weighted by Gasteiger charge is -2.10. The molecule has 0 bridgehead atoms. The molecule has 0 atom stereocenters. The molecule has 0 saturated heterocycles. The molecule has 1 N–H and O–H groups in total. The molecular formula is C16H16O4. The summed E-state index contributed by atoms with van der Waals surface area (Å²) >= 11 is 0. The number of carboxylic acid groups (broad SMARTS) is 1. The summed E-state index contributed by atoms with van der Waals surface area (Å²) in [5.41, 5.74) is 0.234. The number of rotatable bonds is 5. The molecule has 2 aromatic rings. The molecule has 0 unspecified atom stereocenters. The van der Waals surface area contributed by atoms with Crippen LogP contribution in [0.2, 0.25) is 0 Å². The first-order valence-electron chi connectivity index (χ1n) is 6.32. The number of benzene rings is 2. The van der Waals surface area contributed by atoms with Gasteiger partial charge in [-0.3, -0.25) is 0 Å². The lowest BCUT2D eigenvalue weighted by molar-refractivity contribution is 0.0697. The van der Waals surface area contributed by atoms with Gasteiger partial charge in [0.05, 0.1) is 11.7 Å². The summed E-state index contributed by atoms with van der Waals surface area (Å²) in [6, 6.07) is 13.6. The van der Waals surface area contributed by atoms with Crippen LogP contribution in [-0.2, 0) is 0 Å². The van der Waals surface area contributed by atoms with Crippen LogP contribution in [0.15, 0.2) is 48.5 Å². The second-order valence-corrected chi connectivity index (χ2v) is 4.57. The fourth-order valence-corrected chi connectivity index (χ4v) is 1.66. The monoisotopic (exact) mass is 272 g/mol. The maximum atomic E-state index is 10.7. The van der Waals surface area contributed by atoms with Gasteiger partial charge in [-0.1, -0.05) is 0 Å². The number of carboxylic acids is 1. The number of hydrogen-bond donors (Lipinski definition) is 1. The summed E-state index contributed by atoms with van der Waals surface area (Å²) in [6.07, 6.45) is 0.130. The van der Waals surface area contributed by atoms with Crippen molar-refractivity contribution in [1.82, 2.24) is 0 Å². The summed E-state index contributed by atoms with van der Waals surface area (Å²) in [7, 11) is 0. The van der Waals surface area contributed by atoms with E-state index in [0.29, 0.717) is 11.5 Å². The molecule has 0 aliphatic heterocycles. The molecule has 0 aliphatic rings. The van der Waals surface area contributed by atoms with Crippen LogP contribution in [0.5, 0.6) is 17.2 Å². The fraction of sp³-hybridized carbons (Fsp3) is 0.188. The smallest absolute Gasteiger partial charge is 0.335 e. The maximum absolute atomic E-state index is 10.7. The quantitative estimate of drug-likeness (QED) is 0.895. The molecule has 2 rings (SSSR count). The summed E-state index contributed by atoms with van der Waals surface area (Å²) in [4.78, 5) is 10.7. The third-order valence-electron chi connectivity index (χ3n) is 2.53. The minimum atomic E-state index is -0.952. The molecule has 0 spiro atoms. The van der Waals surface area contributed by atoms with Crippen molar-refractivity contribution in [2.45, 2.75) is 20.0 Å². The highest BCUT2D eigenvalue weighted by molar-refractivity contribution is 5.87. The largest absolute Gasteiger partial charge is 0.491 e. The summed E-state index contributed by atoms with van der Waals surface area (Å²) in [5, 5.41) is 8.81. The Balaban J connectivity index is 2.04. The van der Waals surface area contributed by atoms with Crippen LogP contribution in [-0.4, -0.2) is 17.2 Å². The van der Waals surface area contributed by atoms with Crippen molar-refractivity contribution < 1.29 is 19.4 Å². The first-order valence-corrected chi connectivity index (χ1v) is 6.32. The SMILES string of the molecule is CC(C)Oc1ccc(Oc2ccc(C(=O)O)cc2)cc1. The Hall–Kier alpha value is -2.49. The van der Waals surface area contributed by atoms with Crippen molar-refractivity contribution >= 4 is 5.97 Å². The maximum Gasteiger partial charge on any atom is 0.335 e. The average Bonchev–Trinajstić information content (AvgIpc) is 2.41. The Kier molecular flexibility index (Phi) is 4.25. The summed E-state index contributed by atoms with van der Waals surface area (Å²) in [6.45, 7) is 3.93. The molecule has 0 aliphatic carbocycles. The molecule has 20 heavy (non-hydrogen) atoms. The van der Waals surface area contributed by atoms with Gasteiger partial charge in [0.15, 0.2) is 0 Å². The van der Waals surface area contributed by atoms with Crippen LogP contribution >= 0.6 is 0 Å². The lowest BCUT2D eigenvalue weighted by Crippen LogP contribution is -2.05. The standard InChI is InChI=1S/C16H16O4/c1-11(2)19-13-7-9-15(10-8-13)20-14-5-3-12(4-6-14)16(17)18/h3-11H,1-2H3,(H,17,18). The lowest BCUT2D eigenvalue weighted by atomic mass is 10.2. The van der Waals surface area contributed by atoms with Crippen LogP contribution in [0.1, 0.15) is 24.2 Å². The van der Waals surface area contributed by atoms with Gasteiger partial charge in [0.25, 0.3) is 0 Å². The van der Waals surface area contributed by atoms with Gasteiger partial charge in [-0.15, -0.1) is 0 Å². The second-order valence-electron chi connectivity index (χ2n) is 4.57. The van der Waals surface area contributed by atoms with Crippen LogP contribution in [0.3, 0.4) is 0 Å². The molecule has 4 heteroatoms. The molecule has 0 heterocycles. The Morgan fingerprint density at radius 3 is 1.80 bits per heavy atom. The first-order chi connectivity index (χ1) is 9.54. The number of ether oxygens (including phenoxy) is 2. The molecule has 0 fully saturated rings. The van der Waals surface area contributed by atoms with Gasteiger partial charge in [0.2, 0.25) is 0 Å². The molecule has 0 aromatic heterocycles. The zero-order valence-corrected chi connectivity index (χ0v) is 11.4. The second kappa shape index (κ2) is 6.10. The van der Waals surface area contributed by atoms with E-state index in [1.165, 1.54) is 12.1 Å².